The van der Waals surface area contributed by atoms with Gasteiger partial charge in [0.05, 0.1) is 6.61 Å². The molecular formula is C17H25ClN2O. The fraction of sp³-hybridized carbons (Fsp3) is 0.647. The number of ether oxygens (including phenoxy) is 1. The number of rotatable bonds is 9. The summed E-state index contributed by atoms with van der Waals surface area (Å²) in [5, 5.41) is 4.41. The van der Waals surface area contributed by atoms with Crippen molar-refractivity contribution in [1.82, 2.24) is 5.32 Å². The molecule has 2 saturated carbocycles. The van der Waals surface area contributed by atoms with Gasteiger partial charge >= 0.3 is 0 Å². The molecule has 2 fully saturated rings. The Bertz CT molecular complexity index is 472. The van der Waals surface area contributed by atoms with Gasteiger partial charge in [-0.05, 0) is 43.7 Å². The molecule has 116 valence electrons. The minimum atomic E-state index is 0.696. The second kappa shape index (κ2) is 6.99. The number of nitrogens with one attached hydrogen (secondary N) is 1. The van der Waals surface area contributed by atoms with Crippen LogP contribution in [0.2, 0.25) is 5.02 Å². The molecule has 0 aliphatic heterocycles. The van der Waals surface area contributed by atoms with Crippen molar-refractivity contribution >= 4 is 17.3 Å². The Hall–Kier alpha value is -0.770. The van der Waals surface area contributed by atoms with Gasteiger partial charge in [0, 0.05) is 49.1 Å². The lowest BCUT2D eigenvalue weighted by Gasteiger charge is -2.23. The van der Waals surface area contributed by atoms with Gasteiger partial charge in [-0.1, -0.05) is 17.7 Å². The van der Waals surface area contributed by atoms with Gasteiger partial charge in [-0.3, -0.25) is 0 Å². The molecule has 0 unspecified atom stereocenters. The van der Waals surface area contributed by atoms with Crippen LogP contribution in [0, 0.1) is 5.92 Å². The predicted octanol–water partition coefficient (Wildman–Crippen LogP) is 3.45. The predicted molar refractivity (Wildman–Crippen MR) is 88.1 cm³/mol. The maximum atomic E-state index is 6.39. The summed E-state index contributed by atoms with van der Waals surface area (Å²) in [4.78, 5) is 2.25. The van der Waals surface area contributed by atoms with Crippen molar-refractivity contribution in [2.75, 3.05) is 31.7 Å². The minimum Gasteiger partial charge on any atom is -0.379 e. The lowest BCUT2D eigenvalue weighted by atomic mass is 10.1. The summed E-state index contributed by atoms with van der Waals surface area (Å²) in [6.07, 6.45) is 5.29. The van der Waals surface area contributed by atoms with Gasteiger partial charge in [0.1, 0.15) is 0 Å². The van der Waals surface area contributed by atoms with Crippen molar-refractivity contribution in [3.05, 3.63) is 28.8 Å². The number of hydrogen-bond donors (Lipinski definition) is 1. The summed E-state index contributed by atoms with van der Waals surface area (Å²) in [6, 6.07) is 6.85. The molecule has 1 aromatic carbocycles. The highest BCUT2D eigenvalue weighted by Crippen LogP contribution is 2.30. The van der Waals surface area contributed by atoms with Gasteiger partial charge in [0.2, 0.25) is 0 Å². The first-order valence-electron chi connectivity index (χ1n) is 8.03. The molecule has 1 N–H and O–H groups in total. The Balaban J connectivity index is 1.54. The normalized spacial score (nSPS) is 18.0. The summed E-state index contributed by atoms with van der Waals surface area (Å²) in [5.41, 5.74) is 2.42. The molecule has 1 aromatic rings. The van der Waals surface area contributed by atoms with E-state index >= 15 is 0 Å². The lowest BCUT2D eigenvalue weighted by molar-refractivity contribution is 0.131. The van der Waals surface area contributed by atoms with Gasteiger partial charge < -0.3 is 15.0 Å². The van der Waals surface area contributed by atoms with Crippen LogP contribution in [-0.4, -0.2) is 32.8 Å². The van der Waals surface area contributed by atoms with Gasteiger partial charge in [-0.2, -0.15) is 0 Å². The lowest BCUT2D eigenvalue weighted by Crippen LogP contribution is -2.25. The van der Waals surface area contributed by atoms with E-state index < -0.39 is 0 Å². The van der Waals surface area contributed by atoms with E-state index in [2.05, 4.69) is 23.3 Å². The van der Waals surface area contributed by atoms with Crippen LogP contribution in [-0.2, 0) is 11.3 Å². The van der Waals surface area contributed by atoms with Crippen LogP contribution < -0.4 is 10.2 Å². The van der Waals surface area contributed by atoms with Crippen molar-refractivity contribution < 1.29 is 4.74 Å². The van der Waals surface area contributed by atoms with Crippen LogP contribution in [0.15, 0.2) is 18.2 Å². The van der Waals surface area contributed by atoms with Crippen LogP contribution in [0.3, 0.4) is 0 Å². The third-order valence-corrected chi connectivity index (χ3v) is 4.63. The number of anilines is 1. The molecule has 4 heteroatoms. The van der Waals surface area contributed by atoms with Crippen molar-refractivity contribution in [3.8, 4) is 0 Å². The van der Waals surface area contributed by atoms with Crippen LogP contribution in [0.4, 0.5) is 5.69 Å². The average Bonchev–Trinajstić information content (AvgIpc) is 3.36. The second-order valence-electron chi connectivity index (χ2n) is 6.33. The van der Waals surface area contributed by atoms with Gasteiger partial charge in [0.15, 0.2) is 0 Å². The number of nitrogens with zero attached hydrogens (tertiary/aromatic N) is 1. The Morgan fingerprint density at radius 2 is 2.10 bits per heavy atom. The first kappa shape index (κ1) is 15.1. The Kier molecular flexibility index (Phi) is 5.04. The Morgan fingerprint density at radius 3 is 2.81 bits per heavy atom. The highest BCUT2D eigenvalue weighted by molar-refractivity contribution is 6.31. The number of likely N-dealkylation sites (N-methyl/N-ethyl adjacent to an activating group) is 1. The molecule has 0 heterocycles. The summed E-state index contributed by atoms with van der Waals surface area (Å²) >= 11 is 6.39. The molecule has 0 amide bonds. The van der Waals surface area contributed by atoms with Crippen molar-refractivity contribution in [2.24, 2.45) is 5.92 Å². The third kappa shape index (κ3) is 4.60. The highest BCUT2D eigenvalue weighted by Gasteiger charge is 2.22. The standard InChI is InChI=1S/C17H25ClN2O/c1-20(9-10-21-12-13-5-6-13)17-4-2-3-16(18)15(17)11-19-14-7-8-14/h2-4,13-14,19H,5-12H2,1H3. The zero-order chi connectivity index (χ0) is 14.7. The maximum absolute atomic E-state index is 6.39. The zero-order valence-electron chi connectivity index (χ0n) is 12.8. The fourth-order valence-corrected chi connectivity index (χ4v) is 2.71. The van der Waals surface area contributed by atoms with E-state index in [9.17, 15) is 0 Å². The van der Waals surface area contributed by atoms with Crippen LogP contribution in [0.25, 0.3) is 0 Å². The van der Waals surface area contributed by atoms with Crippen molar-refractivity contribution in [2.45, 2.75) is 38.3 Å². The number of hydrogen-bond acceptors (Lipinski definition) is 3. The molecule has 21 heavy (non-hydrogen) atoms. The summed E-state index contributed by atoms with van der Waals surface area (Å²) in [6.45, 7) is 3.48. The summed E-state index contributed by atoms with van der Waals surface area (Å²) in [5.74, 6) is 0.833. The Morgan fingerprint density at radius 1 is 1.29 bits per heavy atom. The molecular weight excluding hydrogens is 284 g/mol. The SMILES string of the molecule is CN(CCOCC1CC1)c1cccc(Cl)c1CNC1CC1. The molecule has 0 saturated heterocycles. The van der Waals surface area contributed by atoms with E-state index in [0.717, 1.165) is 37.2 Å². The van der Waals surface area contributed by atoms with E-state index in [1.807, 2.05) is 12.1 Å². The first-order chi connectivity index (χ1) is 10.2. The van der Waals surface area contributed by atoms with Crippen LogP contribution >= 0.6 is 11.6 Å². The smallest absolute Gasteiger partial charge is 0.0641 e. The molecule has 3 nitrogen and oxygen atoms in total. The summed E-state index contributed by atoms with van der Waals surface area (Å²) < 4.78 is 5.74. The third-order valence-electron chi connectivity index (χ3n) is 4.27. The Labute approximate surface area is 132 Å². The largest absolute Gasteiger partial charge is 0.379 e. The minimum absolute atomic E-state index is 0.696. The summed E-state index contributed by atoms with van der Waals surface area (Å²) in [7, 11) is 2.12. The number of benzene rings is 1. The van der Waals surface area contributed by atoms with Gasteiger partial charge in [0.25, 0.3) is 0 Å². The number of halogens is 1. The van der Waals surface area contributed by atoms with Gasteiger partial charge in [-0.15, -0.1) is 0 Å². The monoisotopic (exact) mass is 308 g/mol. The zero-order valence-corrected chi connectivity index (χ0v) is 13.5. The highest BCUT2D eigenvalue weighted by atomic mass is 35.5. The van der Waals surface area contributed by atoms with Crippen molar-refractivity contribution in [1.29, 1.82) is 0 Å². The molecule has 2 aliphatic carbocycles. The average molecular weight is 309 g/mol. The van der Waals surface area contributed by atoms with E-state index in [-0.39, 0.29) is 0 Å². The van der Waals surface area contributed by atoms with E-state index in [1.54, 1.807) is 0 Å². The molecule has 0 bridgehead atoms. The fourth-order valence-electron chi connectivity index (χ4n) is 2.47. The first-order valence-corrected chi connectivity index (χ1v) is 8.41. The second-order valence-corrected chi connectivity index (χ2v) is 6.74. The van der Waals surface area contributed by atoms with Gasteiger partial charge in [-0.25, -0.2) is 0 Å². The molecule has 3 rings (SSSR count). The van der Waals surface area contributed by atoms with E-state index in [1.165, 1.54) is 36.9 Å². The topological polar surface area (TPSA) is 24.5 Å². The van der Waals surface area contributed by atoms with E-state index in [0.29, 0.717) is 6.04 Å². The molecule has 0 spiro atoms. The molecule has 0 atom stereocenters. The molecule has 0 aromatic heterocycles. The molecule has 2 aliphatic rings. The quantitative estimate of drug-likeness (QED) is 0.707. The van der Waals surface area contributed by atoms with E-state index in [4.69, 9.17) is 16.3 Å². The van der Waals surface area contributed by atoms with Crippen LogP contribution in [0.5, 0.6) is 0 Å². The van der Waals surface area contributed by atoms with Crippen LogP contribution in [0.1, 0.15) is 31.2 Å². The molecule has 0 radical (unpaired) electrons. The van der Waals surface area contributed by atoms with Crippen molar-refractivity contribution in [3.63, 3.8) is 0 Å². The maximum Gasteiger partial charge on any atom is 0.0641 e.